The SMILES string of the molecule is CC(Oc1ccc(Oc2ncc(Cl)cc2F)cc1)C(=O)N(C)c1ncccc1Cl. The fourth-order valence-corrected chi connectivity index (χ4v) is 2.82. The van der Waals surface area contributed by atoms with E-state index in [1.807, 2.05) is 0 Å². The number of pyridine rings is 2. The zero-order chi connectivity index (χ0) is 21.0. The first-order valence-corrected chi connectivity index (χ1v) is 9.24. The summed E-state index contributed by atoms with van der Waals surface area (Å²) >= 11 is 11.7. The number of benzene rings is 1. The highest BCUT2D eigenvalue weighted by Gasteiger charge is 2.22. The molecule has 1 aromatic carbocycles. The molecule has 0 saturated heterocycles. The topological polar surface area (TPSA) is 64.6 Å². The van der Waals surface area contributed by atoms with Crippen molar-refractivity contribution in [3.8, 4) is 17.4 Å². The second kappa shape index (κ2) is 9.07. The summed E-state index contributed by atoms with van der Waals surface area (Å²) in [5.41, 5.74) is 0. The number of nitrogens with zero attached hydrogens (tertiary/aromatic N) is 3. The molecule has 3 rings (SSSR count). The van der Waals surface area contributed by atoms with Crippen LogP contribution in [0.25, 0.3) is 0 Å². The molecule has 2 aromatic heterocycles. The highest BCUT2D eigenvalue weighted by atomic mass is 35.5. The number of hydrogen-bond donors (Lipinski definition) is 0. The van der Waals surface area contributed by atoms with Crippen LogP contribution in [0.5, 0.6) is 17.4 Å². The van der Waals surface area contributed by atoms with E-state index in [0.717, 1.165) is 6.07 Å². The van der Waals surface area contributed by atoms with Gasteiger partial charge >= 0.3 is 0 Å². The van der Waals surface area contributed by atoms with Crippen molar-refractivity contribution in [3.05, 3.63) is 70.7 Å². The van der Waals surface area contributed by atoms with Crippen LogP contribution in [-0.4, -0.2) is 29.0 Å². The molecule has 0 aliphatic heterocycles. The molecule has 150 valence electrons. The van der Waals surface area contributed by atoms with E-state index in [4.69, 9.17) is 32.7 Å². The average molecular weight is 436 g/mol. The van der Waals surface area contributed by atoms with Crippen LogP contribution in [-0.2, 0) is 4.79 Å². The first kappa shape index (κ1) is 20.8. The maximum atomic E-state index is 13.8. The van der Waals surface area contributed by atoms with E-state index in [2.05, 4.69) is 9.97 Å². The van der Waals surface area contributed by atoms with Crippen molar-refractivity contribution in [3.63, 3.8) is 0 Å². The molecule has 9 heteroatoms. The normalized spacial score (nSPS) is 11.6. The van der Waals surface area contributed by atoms with E-state index >= 15 is 0 Å². The summed E-state index contributed by atoms with van der Waals surface area (Å²) in [6.07, 6.45) is 2.04. The van der Waals surface area contributed by atoms with E-state index in [9.17, 15) is 9.18 Å². The molecule has 1 atom stereocenters. The molecule has 0 aliphatic rings. The zero-order valence-corrected chi connectivity index (χ0v) is 17.0. The van der Waals surface area contributed by atoms with Gasteiger partial charge in [0.25, 0.3) is 11.8 Å². The standard InChI is InChI=1S/C20H16Cl2FN3O3/c1-12(20(27)26(2)18-16(22)4-3-9-24-18)28-14-5-7-15(8-6-14)29-19-17(23)10-13(21)11-25-19/h3-12H,1-2H3. The zero-order valence-electron chi connectivity index (χ0n) is 15.5. The molecule has 0 aliphatic carbocycles. The van der Waals surface area contributed by atoms with Gasteiger partial charge in [-0.15, -0.1) is 0 Å². The summed E-state index contributed by atoms with van der Waals surface area (Å²) in [6, 6.07) is 10.8. The average Bonchev–Trinajstić information content (AvgIpc) is 2.70. The van der Waals surface area contributed by atoms with E-state index in [0.29, 0.717) is 22.3 Å². The summed E-state index contributed by atoms with van der Waals surface area (Å²) in [4.78, 5) is 21.8. The third kappa shape index (κ3) is 5.13. The highest BCUT2D eigenvalue weighted by Crippen LogP contribution is 2.27. The van der Waals surface area contributed by atoms with Gasteiger partial charge in [-0.2, -0.15) is 0 Å². The minimum atomic E-state index is -0.791. The number of carbonyl (C=O) groups is 1. The van der Waals surface area contributed by atoms with Gasteiger partial charge in [0.05, 0.1) is 10.0 Å². The van der Waals surface area contributed by atoms with Crippen molar-refractivity contribution in [1.29, 1.82) is 0 Å². The molecule has 0 spiro atoms. The Labute approximate surface area is 176 Å². The smallest absolute Gasteiger partial charge is 0.268 e. The van der Waals surface area contributed by atoms with Gasteiger partial charge < -0.3 is 9.47 Å². The maximum Gasteiger partial charge on any atom is 0.268 e. The van der Waals surface area contributed by atoms with Gasteiger partial charge in [-0.05, 0) is 49.4 Å². The number of halogens is 3. The molecule has 0 radical (unpaired) electrons. The molecule has 1 amide bonds. The fraction of sp³-hybridized carbons (Fsp3) is 0.150. The van der Waals surface area contributed by atoms with Gasteiger partial charge in [0.2, 0.25) is 0 Å². The number of amides is 1. The Morgan fingerprint density at radius 3 is 2.48 bits per heavy atom. The van der Waals surface area contributed by atoms with Crippen LogP contribution in [0.1, 0.15) is 6.92 Å². The van der Waals surface area contributed by atoms with Crippen LogP contribution >= 0.6 is 23.2 Å². The van der Waals surface area contributed by atoms with Crippen LogP contribution in [0.2, 0.25) is 10.0 Å². The number of likely N-dealkylation sites (N-methyl/N-ethyl adjacent to an activating group) is 1. The first-order chi connectivity index (χ1) is 13.8. The van der Waals surface area contributed by atoms with Crippen LogP contribution < -0.4 is 14.4 Å². The minimum Gasteiger partial charge on any atom is -0.481 e. The van der Waals surface area contributed by atoms with E-state index in [1.165, 1.54) is 11.1 Å². The second-order valence-electron chi connectivity index (χ2n) is 5.98. The van der Waals surface area contributed by atoms with E-state index in [-0.39, 0.29) is 16.8 Å². The molecule has 29 heavy (non-hydrogen) atoms. The molecular formula is C20H16Cl2FN3O3. The summed E-state index contributed by atoms with van der Waals surface area (Å²) in [5, 5.41) is 0.536. The summed E-state index contributed by atoms with van der Waals surface area (Å²) < 4.78 is 24.8. The number of rotatable bonds is 6. The van der Waals surface area contributed by atoms with Gasteiger partial charge in [0.1, 0.15) is 11.5 Å². The fourth-order valence-electron chi connectivity index (χ4n) is 2.43. The Kier molecular flexibility index (Phi) is 6.51. The number of aromatic nitrogens is 2. The van der Waals surface area contributed by atoms with Crippen molar-refractivity contribution in [1.82, 2.24) is 9.97 Å². The third-order valence-corrected chi connectivity index (χ3v) is 4.36. The number of hydrogen-bond acceptors (Lipinski definition) is 5. The van der Waals surface area contributed by atoms with Gasteiger partial charge in [-0.1, -0.05) is 23.2 Å². The summed E-state index contributed by atoms with van der Waals surface area (Å²) in [7, 11) is 1.57. The van der Waals surface area contributed by atoms with Crippen molar-refractivity contribution < 1.29 is 18.7 Å². The molecule has 2 heterocycles. The monoisotopic (exact) mass is 435 g/mol. The number of anilines is 1. The van der Waals surface area contributed by atoms with E-state index < -0.39 is 11.9 Å². The summed E-state index contributed by atoms with van der Waals surface area (Å²) in [5.74, 6) is -0.0614. The lowest BCUT2D eigenvalue weighted by atomic mass is 10.3. The largest absolute Gasteiger partial charge is 0.481 e. The lowest BCUT2D eigenvalue weighted by Crippen LogP contribution is -2.38. The number of ether oxygens (including phenoxy) is 2. The van der Waals surface area contributed by atoms with Crippen LogP contribution in [0, 0.1) is 5.82 Å². The molecule has 0 saturated carbocycles. The third-order valence-electron chi connectivity index (χ3n) is 3.86. The Balaban J connectivity index is 1.64. The minimum absolute atomic E-state index is 0.175. The Morgan fingerprint density at radius 1 is 1.14 bits per heavy atom. The van der Waals surface area contributed by atoms with Gasteiger partial charge in [0, 0.05) is 19.4 Å². The van der Waals surface area contributed by atoms with Gasteiger partial charge in [0.15, 0.2) is 17.7 Å². The van der Waals surface area contributed by atoms with Gasteiger partial charge in [-0.3, -0.25) is 9.69 Å². The van der Waals surface area contributed by atoms with Crippen molar-refractivity contribution in [2.24, 2.45) is 0 Å². The Bertz CT molecular complexity index is 1020. The van der Waals surface area contributed by atoms with Crippen molar-refractivity contribution in [2.45, 2.75) is 13.0 Å². The van der Waals surface area contributed by atoms with Crippen molar-refractivity contribution in [2.75, 3.05) is 11.9 Å². The van der Waals surface area contributed by atoms with Crippen LogP contribution in [0.3, 0.4) is 0 Å². The number of carbonyl (C=O) groups excluding carboxylic acids is 1. The molecule has 0 bridgehead atoms. The lowest BCUT2D eigenvalue weighted by molar-refractivity contribution is -0.124. The molecule has 6 nitrogen and oxygen atoms in total. The molecule has 1 unspecified atom stereocenters. The Hall–Kier alpha value is -2.90. The van der Waals surface area contributed by atoms with Crippen LogP contribution in [0.4, 0.5) is 10.2 Å². The molecular weight excluding hydrogens is 420 g/mol. The Morgan fingerprint density at radius 2 is 1.83 bits per heavy atom. The quantitative estimate of drug-likeness (QED) is 0.535. The molecule has 3 aromatic rings. The van der Waals surface area contributed by atoms with Gasteiger partial charge in [-0.25, -0.2) is 14.4 Å². The van der Waals surface area contributed by atoms with Crippen molar-refractivity contribution >= 4 is 34.9 Å². The molecule has 0 N–H and O–H groups in total. The summed E-state index contributed by atoms with van der Waals surface area (Å²) in [6.45, 7) is 1.62. The molecule has 0 fully saturated rings. The predicted octanol–water partition coefficient (Wildman–Crippen LogP) is 5.15. The highest BCUT2D eigenvalue weighted by molar-refractivity contribution is 6.33. The maximum absolute atomic E-state index is 13.8. The first-order valence-electron chi connectivity index (χ1n) is 8.49. The lowest BCUT2D eigenvalue weighted by Gasteiger charge is -2.22. The van der Waals surface area contributed by atoms with Crippen LogP contribution in [0.15, 0.2) is 54.9 Å². The van der Waals surface area contributed by atoms with E-state index in [1.54, 1.807) is 56.6 Å². The second-order valence-corrected chi connectivity index (χ2v) is 6.82. The predicted molar refractivity (Wildman–Crippen MR) is 108 cm³/mol.